The topological polar surface area (TPSA) is 50.4 Å². The maximum absolute atomic E-state index is 12.2. The van der Waals surface area contributed by atoms with E-state index in [0.717, 1.165) is 0 Å². The van der Waals surface area contributed by atoms with Crippen molar-refractivity contribution in [1.82, 2.24) is 0 Å². The predicted octanol–water partition coefficient (Wildman–Crippen LogP) is 5.78. The molecule has 0 aliphatic rings. The Labute approximate surface area is 145 Å². The second kappa shape index (κ2) is 7.53. The molecule has 5 heteroatoms. The van der Waals surface area contributed by atoms with Crippen molar-refractivity contribution in [3.8, 4) is 11.5 Å². The van der Waals surface area contributed by atoms with Crippen LogP contribution in [0.5, 0.6) is 11.5 Å². The molecule has 0 aliphatic carbocycles. The van der Waals surface area contributed by atoms with Crippen LogP contribution in [-0.2, 0) is 0 Å². The van der Waals surface area contributed by atoms with Crippen LogP contribution in [0.25, 0.3) is 0 Å². The zero-order valence-electron chi connectivity index (χ0n) is 12.7. The molecule has 0 atom stereocenters. The van der Waals surface area contributed by atoms with Crippen molar-refractivity contribution >= 4 is 29.0 Å². The second-order valence-corrected chi connectivity index (χ2v) is 5.43. The standard InChI is InChI=1S/C19H15ClN2O2/c20-14-10-12-15(13-11-14)21-19(23)22-17-8-4-5-9-18(17)24-16-6-2-1-3-7-16/h1-13H,(H2,21,22,23). The number of hydrogen-bond donors (Lipinski definition) is 2. The summed E-state index contributed by atoms with van der Waals surface area (Å²) >= 11 is 5.83. The zero-order valence-corrected chi connectivity index (χ0v) is 13.5. The van der Waals surface area contributed by atoms with E-state index in [1.165, 1.54) is 0 Å². The first-order chi connectivity index (χ1) is 11.7. The van der Waals surface area contributed by atoms with E-state index in [1.54, 1.807) is 36.4 Å². The number of carbonyl (C=O) groups is 1. The van der Waals surface area contributed by atoms with Gasteiger partial charge in [-0.15, -0.1) is 0 Å². The number of hydrogen-bond acceptors (Lipinski definition) is 2. The number of amides is 2. The Morgan fingerprint density at radius 1 is 0.792 bits per heavy atom. The molecular formula is C19H15ClN2O2. The Balaban J connectivity index is 1.70. The first kappa shape index (κ1) is 15.9. The zero-order chi connectivity index (χ0) is 16.8. The minimum Gasteiger partial charge on any atom is -0.455 e. The van der Waals surface area contributed by atoms with Gasteiger partial charge in [0.15, 0.2) is 5.75 Å². The maximum Gasteiger partial charge on any atom is 0.323 e. The van der Waals surface area contributed by atoms with Crippen molar-refractivity contribution in [2.45, 2.75) is 0 Å². The molecule has 0 heterocycles. The minimum absolute atomic E-state index is 0.360. The van der Waals surface area contributed by atoms with Crippen molar-refractivity contribution in [3.63, 3.8) is 0 Å². The highest BCUT2D eigenvalue weighted by Gasteiger charge is 2.08. The third-order valence-corrected chi connectivity index (χ3v) is 3.46. The normalized spacial score (nSPS) is 10.0. The van der Waals surface area contributed by atoms with Gasteiger partial charge < -0.3 is 15.4 Å². The number of ether oxygens (including phenoxy) is 1. The van der Waals surface area contributed by atoms with Gasteiger partial charge in [0.1, 0.15) is 5.75 Å². The Kier molecular flexibility index (Phi) is 4.99. The van der Waals surface area contributed by atoms with Gasteiger partial charge in [-0.25, -0.2) is 4.79 Å². The highest BCUT2D eigenvalue weighted by atomic mass is 35.5. The Bertz CT molecular complexity index is 820. The second-order valence-electron chi connectivity index (χ2n) is 5.00. The van der Waals surface area contributed by atoms with Crippen molar-refractivity contribution in [2.24, 2.45) is 0 Å². The van der Waals surface area contributed by atoms with E-state index in [0.29, 0.717) is 27.9 Å². The molecule has 3 aromatic carbocycles. The first-order valence-corrected chi connectivity index (χ1v) is 7.74. The molecule has 2 amide bonds. The summed E-state index contributed by atoms with van der Waals surface area (Å²) in [4.78, 5) is 12.2. The molecule has 0 radical (unpaired) electrons. The summed E-state index contributed by atoms with van der Waals surface area (Å²) in [6.45, 7) is 0. The summed E-state index contributed by atoms with van der Waals surface area (Å²) in [5, 5.41) is 6.14. The summed E-state index contributed by atoms with van der Waals surface area (Å²) in [5.74, 6) is 1.26. The molecule has 0 fully saturated rings. The van der Waals surface area contributed by atoms with E-state index >= 15 is 0 Å². The molecule has 2 N–H and O–H groups in total. The van der Waals surface area contributed by atoms with Crippen molar-refractivity contribution < 1.29 is 9.53 Å². The number of benzene rings is 3. The van der Waals surface area contributed by atoms with E-state index < -0.39 is 0 Å². The van der Waals surface area contributed by atoms with Crippen LogP contribution in [0, 0.1) is 0 Å². The van der Waals surface area contributed by atoms with Gasteiger partial charge in [0, 0.05) is 10.7 Å². The van der Waals surface area contributed by atoms with Crippen LogP contribution in [0.4, 0.5) is 16.2 Å². The van der Waals surface area contributed by atoms with Crippen molar-refractivity contribution in [2.75, 3.05) is 10.6 Å². The summed E-state index contributed by atoms with van der Waals surface area (Å²) < 4.78 is 5.82. The van der Waals surface area contributed by atoms with Crippen LogP contribution in [0.15, 0.2) is 78.9 Å². The van der Waals surface area contributed by atoms with Gasteiger partial charge in [-0.3, -0.25) is 0 Å². The van der Waals surface area contributed by atoms with Gasteiger partial charge in [0.05, 0.1) is 5.69 Å². The lowest BCUT2D eigenvalue weighted by molar-refractivity contribution is 0.262. The lowest BCUT2D eigenvalue weighted by Crippen LogP contribution is -2.19. The van der Waals surface area contributed by atoms with Gasteiger partial charge in [-0.05, 0) is 48.5 Å². The largest absolute Gasteiger partial charge is 0.455 e. The molecule has 4 nitrogen and oxygen atoms in total. The third kappa shape index (κ3) is 4.27. The van der Waals surface area contributed by atoms with E-state index in [-0.39, 0.29) is 6.03 Å². The smallest absolute Gasteiger partial charge is 0.323 e. The van der Waals surface area contributed by atoms with E-state index in [1.807, 2.05) is 42.5 Å². The molecule has 120 valence electrons. The van der Waals surface area contributed by atoms with Crippen LogP contribution in [0.1, 0.15) is 0 Å². The maximum atomic E-state index is 12.2. The molecular weight excluding hydrogens is 324 g/mol. The average molecular weight is 339 g/mol. The molecule has 0 unspecified atom stereocenters. The fourth-order valence-electron chi connectivity index (χ4n) is 2.09. The Morgan fingerprint density at radius 3 is 2.21 bits per heavy atom. The molecule has 0 bridgehead atoms. The molecule has 0 saturated heterocycles. The molecule has 0 spiro atoms. The van der Waals surface area contributed by atoms with E-state index in [9.17, 15) is 4.79 Å². The highest BCUT2D eigenvalue weighted by Crippen LogP contribution is 2.29. The summed E-state index contributed by atoms with van der Waals surface area (Å²) in [7, 11) is 0. The van der Waals surface area contributed by atoms with Crippen LogP contribution in [0.2, 0.25) is 5.02 Å². The molecule has 3 rings (SSSR count). The monoisotopic (exact) mass is 338 g/mol. The molecule has 24 heavy (non-hydrogen) atoms. The van der Waals surface area contributed by atoms with Crippen molar-refractivity contribution in [3.05, 3.63) is 83.9 Å². The molecule has 0 saturated carbocycles. The van der Waals surface area contributed by atoms with Crippen LogP contribution in [0.3, 0.4) is 0 Å². The van der Waals surface area contributed by atoms with Crippen LogP contribution < -0.4 is 15.4 Å². The fraction of sp³-hybridized carbons (Fsp3) is 0. The van der Waals surface area contributed by atoms with Crippen LogP contribution in [-0.4, -0.2) is 6.03 Å². The van der Waals surface area contributed by atoms with Crippen LogP contribution >= 0.6 is 11.6 Å². The first-order valence-electron chi connectivity index (χ1n) is 7.36. The number of urea groups is 1. The quantitative estimate of drug-likeness (QED) is 0.633. The number of halogens is 1. The third-order valence-electron chi connectivity index (χ3n) is 3.21. The van der Waals surface area contributed by atoms with Crippen molar-refractivity contribution in [1.29, 1.82) is 0 Å². The number of anilines is 2. The van der Waals surface area contributed by atoms with E-state index in [4.69, 9.17) is 16.3 Å². The Hall–Kier alpha value is -2.98. The highest BCUT2D eigenvalue weighted by molar-refractivity contribution is 6.30. The number of carbonyl (C=O) groups excluding carboxylic acids is 1. The van der Waals surface area contributed by atoms with Gasteiger partial charge in [0.25, 0.3) is 0 Å². The average Bonchev–Trinajstić information content (AvgIpc) is 2.60. The van der Waals surface area contributed by atoms with Gasteiger partial charge >= 0.3 is 6.03 Å². The predicted molar refractivity (Wildman–Crippen MR) is 97.1 cm³/mol. The summed E-state index contributed by atoms with van der Waals surface area (Å²) in [6, 6.07) is 23.2. The van der Waals surface area contributed by atoms with Gasteiger partial charge in [-0.2, -0.15) is 0 Å². The fourth-order valence-corrected chi connectivity index (χ4v) is 2.22. The molecule has 0 aromatic heterocycles. The number of nitrogens with one attached hydrogen (secondary N) is 2. The van der Waals surface area contributed by atoms with E-state index in [2.05, 4.69) is 10.6 Å². The van der Waals surface area contributed by atoms with Gasteiger partial charge in [0.2, 0.25) is 0 Å². The molecule has 0 aliphatic heterocycles. The number of rotatable bonds is 4. The Morgan fingerprint density at radius 2 is 1.46 bits per heavy atom. The lowest BCUT2D eigenvalue weighted by atomic mass is 10.3. The molecule has 3 aromatic rings. The SMILES string of the molecule is O=C(Nc1ccc(Cl)cc1)Nc1ccccc1Oc1ccccc1. The summed E-state index contributed by atoms with van der Waals surface area (Å²) in [5.41, 5.74) is 1.23. The lowest BCUT2D eigenvalue weighted by Gasteiger charge is -2.13. The minimum atomic E-state index is -0.360. The van der Waals surface area contributed by atoms with Gasteiger partial charge in [-0.1, -0.05) is 41.9 Å². The summed E-state index contributed by atoms with van der Waals surface area (Å²) in [6.07, 6.45) is 0. The number of para-hydroxylation sites is 3.